The van der Waals surface area contributed by atoms with Crippen molar-refractivity contribution in [3.63, 3.8) is 0 Å². The van der Waals surface area contributed by atoms with E-state index in [0.717, 1.165) is 6.42 Å². The van der Waals surface area contributed by atoms with Gasteiger partial charge in [0.2, 0.25) is 0 Å². The summed E-state index contributed by atoms with van der Waals surface area (Å²) in [4.78, 5) is 0. The maximum atomic E-state index is 5.91. The zero-order chi connectivity index (χ0) is 11.1. The van der Waals surface area contributed by atoms with Crippen LogP contribution in [-0.4, -0.2) is 0 Å². The lowest BCUT2D eigenvalue weighted by atomic mass is 10.0. The Labute approximate surface area is 95.9 Å². The molecule has 1 atom stereocenters. The molecule has 0 saturated heterocycles. The van der Waals surface area contributed by atoms with Crippen LogP contribution < -0.4 is 5.73 Å². The van der Waals surface area contributed by atoms with E-state index in [9.17, 15) is 0 Å². The zero-order valence-electron chi connectivity index (χ0n) is 9.40. The van der Waals surface area contributed by atoms with Crippen LogP contribution in [0.1, 0.15) is 29.7 Å². The monoisotopic (exact) mass is 209 g/mol. The number of hydrogen-bond acceptors (Lipinski definition) is 1. The van der Waals surface area contributed by atoms with Crippen molar-refractivity contribution in [3.05, 3.63) is 59.2 Å². The Bertz CT molecular complexity index is 541. The minimum atomic E-state index is 0.119. The Morgan fingerprint density at radius 3 is 2.56 bits per heavy atom. The summed E-state index contributed by atoms with van der Waals surface area (Å²) in [6, 6.07) is 15.3. The van der Waals surface area contributed by atoms with E-state index in [1.54, 1.807) is 0 Å². The van der Waals surface area contributed by atoms with E-state index in [1.807, 2.05) is 6.92 Å². The second-order valence-corrected chi connectivity index (χ2v) is 4.54. The van der Waals surface area contributed by atoms with E-state index in [-0.39, 0.29) is 6.04 Å². The predicted molar refractivity (Wildman–Crippen MR) is 67.3 cm³/mol. The van der Waals surface area contributed by atoms with Crippen LogP contribution in [0, 0.1) is 0 Å². The average molecular weight is 209 g/mol. The molecule has 2 aromatic carbocycles. The molecular weight excluding hydrogens is 194 g/mol. The molecule has 0 aromatic heterocycles. The summed E-state index contributed by atoms with van der Waals surface area (Å²) in [5.74, 6) is 0. The van der Waals surface area contributed by atoms with Crippen LogP contribution in [-0.2, 0) is 6.42 Å². The molecule has 16 heavy (non-hydrogen) atoms. The summed E-state index contributed by atoms with van der Waals surface area (Å²) in [5, 5.41) is 0. The topological polar surface area (TPSA) is 26.0 Å². The van der Waals surface area contributed by atoms with Crippen molar-refractivity contribution in [1.82, 2.24) is 0 Å². The second-order valence-electron chi connectivity index (χ2n) is 4.54. The number of benzene rings is 2. The Balaban J connectivity index is 2.14. The fraction of sp³-hybridized carbons (Fsp3) is 0.200. The molecule has 0 unspecified atom stereocenters. The standard InChI is InChI=1S/C15H15N/c1-10(16)11-6-7-15-13(8-11)9-12-4-2-3-5-14(12)15/h2-8,10H,9,16H2,1H3/t10-/m0/s1. The van der Waals surface area contributed by atoms with Crippen LogP contribution in [0.15, 0.2) is 42.5 Å². The summed E-state index contributed by atoms with van der Waals surface area (Å²) in [5.41, 5.74) is 12.7. The van der Waals surface area contributed by atoms with E-state index in [0.29, 0.717) is 0 Å². The molecule has 2 aromatic rings. The molecule has 0 aliphatic heterocycles. The highest BCUT2D eigenvalue weighted by Gasteiger charge is 2.18. The van der Waals surface area contributed by atoms with Gasteiger partial charge in [0.1, 0.15) is 0 Å². The Morgan fingerprint density at radius 1 is 1.00 bits per heavy atom. The van der Waals surface area contributed by atoms with Crippen LogP contribution in [0.25, 0.3) is 11.1 Å². The van der Waals surface area contributed by atoms with Gasteiger partial charge in [-0.1, -0.05) is 42.5 Å². The maximum Gasteiger partial charge on any atom is 0.0266 e. The van der Waals surface area contributed by atoms with Gasteiger partial charge in [0.05, 0.1) is 0 Å². The Hall–Kier alpha value is -1.60. The molecule has 1 nitrogen and oxygen atoms in total. The van der Waals surface area contributed by atoms with Crippen molar-refractivity contribution in [2.45, 2.75) is 19.4 Å². The highest BCUT2D eigenvalue weighted by Crippen LogP contribution is 2.37. The minimum absolute atomic E-state index is 0.119. The highest BCUT2D eigenvalue weighted by molar-refractivity contribution is 5.76. The molecule has 0 bridgehead atoms. The zero-order valence-corrected chi connectivity index (χ0v) is 9.40. The predicted octanol–water partition coefficient (Wildman–Crippen LogP) is 3.28. The first-order valence-corrected chi connectivity index (χ1v) is 5.72. The molecule has 3 rings (SSSR count). The van der Waals surface area contributed by atoms with Crippen molar-refractivity contribution >= 4 is 0 Å². The van der Waals surface area contributed by atoms with E-state index in [2.05, 4.69) is 42.5 Å². The summed E-state index contributed by atoms with van der Waals surface area (Å²) in [6.07, 6.45) is 1.05. The first-order valence-electron chi connectivity index (χ1n) is 5.72. The smallest absolute Gasteiger partial charge is 0.0266 e. The highest BCUT2D eigenvalue weighted by atomic mass is 14.6. The maximum absolute atomic E-state index is 5.91. The molecule has 1 heteroatoms. The molecule has 1 aliphatic carbocycles. The van der Waals surface area contributed by atoms with E-state index >= 15 is 0 Å². The van der Waals surface area contributed by atoms with Crippen LogP contribution in [0.5, 0.6) is 0 Å². The van der Waals surface area contributed by atoms with Crippen LogP contribution in [0.2, 0.25) is 0 Å². The summed E-state index contributed by atoms with van der Waals surface area (Å²) in [7, 11) is 0. The van der Waals surface area contributed by atoms with Crippen molar-refractivity contribution in [2.24, 2.45) is 5.73 Å². The van der Waals surface area contributed by atoms with E-state index < -0.39 is 0 Å². The molecule has 2 N–H and O–H groups in total. The molecule has 0 spiro atoms. The van der Waals surface area contributed by atoms with Crippen molar-refractivity contribution < 1.29 is 0 Å². The van der Waals surface area contributed by atoms with Crippen molar-refractivity contribution in [1.29, 1.82) is 0 Å². The van der Waals surface area contributed by atoms with E-state index in [1.165, 1.54) is 27.8 Å². The Morgan fingerprint density at radius 2 is 1.75 bits per heavy atom. The lowest BCUT2D eigenvalue weighted by Crippen LogP contribution is -2.05. The van der Waals surface area contributed by atoms with Gasteiger partial charge in [-0.05, 0) is 41.2 Å². The van der Waals surface area contributed by atoms with Gasteiger partial charge in [-0.2, -0.15) is 0 Å². The van der Waals surface area contributed by atoms with Gasteiger partial charge in [0, 0.05) is 6.04 Å². The third kappa shape index (κ3) is 1.36. The fourth-order valence-corrected chi connectivity index (χ4v) is 2.45. The van der Waals surface area contributed by atoms with Gasteiger partial charge in [0.15, 0.2) is 0 Å². The number of hydrogen-bond donors (Lipinski definition) is 1. The normalized spacial score (nSPS) is 14.4. The van der Waals surface area contributed by atoms with Gasteiger partial charge < -0.3 is 5.73 Å². The van der Waals surface area contributed by atoms with Gasteiger partial charge in [-0.3, -0.25) is 0 Å². The van der Waals surface area contributed by atoms with Crippen molar-refractivity contribution in [2.75, 3.05) is 0 Å². The van der Waals surface area contributed by atoms with Gasteiger partial charge >= 0.3 is 0 Å². The molecule has 0 saturated carbocycles. The molecule has 1 aliphatic rings. The molecule has 80 valence electrons. The van der Waals surface area contributed by atoms with Crippen LogP contribution in [0.4, 0.5) is 0 Å². The third-order valence-electron chi connectivity index (χ3n) is 3.34. The SMILES string of the molecule is C[C@H](N)c1ccc2c(c1)Cc1ccccc1-2. The van der Waals surface area contributed by atoms with E-state index in [4.69, 9.17) is 5.73 Å². The first-order chi connectivity index (χ1) is 7.75. The lowest BCUT2D eigenvalue weighted by molar-refractivity contribution is 0.816. The molecule has 0 heterocycles. The first kappa shape index (κ1) is 9.61. The third-order valence-corrected chi connectivity index (χ3v) is 3.34. The minimum Gasteiger partial charge on any atom is -0.324 e. The number of fused-ring (bicyclic) bond motifs is 3. The largest absolute Gasteiger partial charge is 0.324 e. The van der Waals surface area contributed by atoms with Gasteiger partial charge in [-0.25, -0.2) is 0 Å². The quantitative estimate of drug-likeness (QED) is 0.654. The number of rotatable bonds is 1. The average Bonchev–Trinajstić information content (AvgIpc) is 2.66. The summed E-state index contributed by atoms with van der Waals surface area (Å²) in [6.45, 7) is 2.03. The molecule has 0 radical (unpaired) electrons. The summed E-state index contributed by atoms with van der Waals surface area (Å²) < 4.78 is 0. The summed E-state index contributed by atoms with van der Waals surface area (Å²) >= 11 is 0. The van der Waals surface area contributed by atoms with Gasteiger partial charge in [0.25, 0.3) is 0 Å². The Kier molecular flexibility index (Phi) is 2.08. The molecular formula is C15H15N. The number of nitrogens with two attached hydrogens (primary N) is 1. The van der Waals surface area contributed by atoms with Gasteiger partial charge in [-0.15, -0.1) is 0 Å². The van der Waals surface area contributed by atoms with Crippen LogP contribution >= 0.6 is 0 Å². The lowest BCUT2D eigenvalue weighted by Gasteiger charge is -2.08. The fourth-order valence-electron chi connectivity index (χ4n) is 2.45. The van der Waals surface area contributed by atoms with Crippen LogP contribution in [0.3, 0.4) is 0 Å². The molecule has 0 amide bonds. The molecule has 0 fully saturated rings. The second kappa shape index (κ2) is 3.46. The van der Waals surface area contributed by atoms with Crippen molar-refractivity contribution in [3.8, 4) is 11.1 Å².